The molecule has 0 unspecified atom stereocenters. The van der Waals surface area contributed by atoms with Crippen LogP contribution in [0.25, 0.3) is 5.69 Å². The summed E-state index contributed by atoms with van der Waals surface area (Å²) in [4.78, 5) is 0. The summed E-state index contributed by atoms with van der Waals surface area (Å²) in [5, 5.41) is 17.0. The smallest absolute Gasteiger partial charge is 0.141 e. The minimum atomic E-state index is 0.175. The largest absolute Gasteiger partial charge is 0.506 e. The summed E-state index contributed by atoms with van der Waals surface area (Å²) in [7, 11) is 0. The first kappa shape index (κ1) is 8.25. The molecule has 5 heteroatoms. The monoisotopic (exact) mass is 239 g/mol. The fourth-order valence-corrected chi connectivity index (χ4v) is 1.38. The lowest BCUT2D eigenvalue weighted by Crippen LogP contribution is -1.96. The number of nitrogens with zero attached hydrogens (tertiary/aromatic N) is 3. The zero-order valence-corrected chi connectivity index (χ0v) is 8.14. The van der Waals surface area contributed by atoms with E-state index in [0.29, 0.717) is 10.3 Å². The van der Waals surface area contributed by atoms with Crippen LogP contribution in [0.4, 0.5) is 0 Å². The summed E-state index contributed by atoms with van der Waals surface area (Å²) in [5.74, 6) is 0.175. The Morgan fingerprint density at radius 1 is 1.31 bits per heavy atom. The Bertz CT molecular complexity index is 427. The molecule has 0 aliphatic heterocycles. The van der Waals surface area contributed by atoms with E-state index in [1.165, 1.54) is 4.68 Å². The van der Waals surface area contributed by atoms with Crippen LogP contribution in [-0.2, 0) is 0 Å². The minimum Gasteiger partial charge on any atom is -0.506 e. The van der Waals surface area contributed by atoms with Crippen LogP contribution in [0.5, 0.6) is 5.75 Å². The molecule has 0 radical (unpaired) electrons. The average Bonchev–Trinajstić information content (AvgIpc) is 2.52. The SMILES string of the molecule is Oc1ccccc1-n1nncc1Br. The van der Waals surface area contributed by atoms with E-state index in [1.807, 2.05) is 6.07 Å². The van der Waals surface area contributed by atoms with Gasteiger partial charge in [-0.15, -0.1) is 5.10 Å². The molecule has 2 aromatic rings. The number of rotatable bonds is 1. The number of hydrogen-bond acceptors (Lipinski definition) is 3. The molecule has 0 fully saturated rings. The Morgan fingerprint density at radius 3 is 2.69 bits per heavy atom. The molecule has 1 heterocycles. The van der Waals surface area contributed by atoms with Crippen LogP contribution in [0.1, 0.15) is 0 Å². The Hall–Kier alpha value is -1.36. The molecule has 1 N–H and O–H groups in total. The van der Waals surface area contributed by atoms with Gasteiger partial charge in [0.05, 0.1) is 6.20 Å². The van der Waals surface area contributed by atoms with Gasteiger partial charge in [-0.25, -0.2) is 4.68 Å². The number of phenols is 1. The molecule has 0 spiro atoms. The number of hydrogen-bond donors (Lipinski definition) is 1. The highest BCUT2D eigenvalue weighted by Gasteiger charge is 2.06. The highest BCUT2D eigenvalue weighted by atomic mass is 79.9. The Labute approximate surface area is 82.9 Å². The summed E-state index contributed by atoms with van der Waals surface area (Å²) in [6, 6.07) is 6.94. The summed E-state index contributed by atoms with van der Waals surface area (Å²) < 4.78 is 2.21. The van der Waals surface area contributed by atoms with E-state index in [4.69, 9.17) is 0 Å². The van der Waals surface area contributed by atoms with Crippen LogP contribution < -0.4 is 0 Å². The van der Waals surface area contributed by atoms with Crippen LogP contribution in [0, 0.1) is 0 Å². The van der Waals surface area contributed by atoms with Crippen molar-refractivity contribution in [3.8, 4) is 11.4 Å². The Kier molecular flexibility index (Phi) is 2.02. The van der Waals surface area contributed by atoms with E-state index < -0.39 is 0 Å². The third-order valence-corrected chi connectivity index (χ3v) is 2.16. The van der Waals surface area contributed by atoms with Crippen molar-refractivity contribution in [2.75, 3.05) is 0 Å². The number of para-hydroxylation sites is 2. The molecular weight excluding hydrogens is 234 g/mol. The van der Waals surface area contributed by atoms with Crippen molar-refractivity contribution >= 4 is 15.9 Å². The molecule has 0 atom stereocenters. The van der Waals surface area contributed by atoms with Crippen molar-refractivity contribution in [3.63, 3.8) is 0 Å². The maximum atomic E-state index is 9.50. The van der Waals surface area contributed by atoms with E-state index in [1.54, 1.807) is 24.4 Å². The number of halogens is 1. The number of phenolic OH excluding ortho intramolecular Hbond substituents is 1. The predicted octanol–water partition coefficient (Wildman–Crippen LogP) is 1.74. The first-order valence-electron chi connectivity index (χ1n) is 3.63. The van der Waals surface area contributed by atoms with Crippen molar-refractivity contribution < 1.29 is 5.11 Å². The van der Waals surface area contributed by atoms with Crippen LogP contribution in [0.3, 0.4) is 0 Å². The van der Waals surface area contributed by atoms with Gasteiger partial charge in [-0.1, -0.05) is 17.3 Å². The van der Waals surface area contributed by atoms with Crippen molar-refractivity contribution in [2.45, 2.75) is 0 Å². The van der Waals surface area contributed by atoms with Gasteiger partial charge in [0.25, 0.3) is 0 Å². The van der Waals surface area contributed by atoms with Gasteiger partial charge in [0.15, 0.2) is 0 Å². The van der Waals surface area contributed by atoms with Gasteiger partial charge in [-0.05, 0) is 28.1 Å². The van der Waals surface area contributed by atoms with Gasteiger partial charge in [-0.2, -0.15) is 0 Å². The lowest BCUT2D eigenvalue weighted by molar-refractivity contribution is 0.469. The Morgan fingerprint density at radius 2 is 2.08 bits per heavy atom. The highest BCUT2D eigenvalue weighted by Crippen LogP contribution is 2.22. The lowest BCUT2D eigenvalue weighted by Gasteiger charge is -2.03. The van der Waals surface area contributed by atoms with Crippen molar-refractivity contribution in [1.29, 1.82) is 0 Å². The summed E-state index contributed by atoms with van der Waals surface area (Å²) >= 11 is 3.26. The second-order valence-electron chi connectivity index (χ2n) is 2.46. The molecule has 0 aliphatic rings. The second-order valence-corrected chi connectivity index (χ2v) is 3.27. The molecule has 1 aromatic heterocycles. The van der Waals surface area contributed by atoms with Crippen LogP contribution in [0.15, 0.2) is 35.1 Å². The van der Waals surface area contributed by atoms with Gasteiger partial charge in [-0.3, -0.25) is 0 Å². The van der Waals surface area contributed by atoms with Crippen molar-refractivity contribution in [3.05, 3.63) is 35.1 Å². The zero-order chi connectivity index (χ0) is 9.26. The van der Waals surface area contributed by atoms with Gasteiger partial charge >= 0.3 is 0 Å². The van der Waals surface area contributed by atoms with Crippen molar-refractivity contribution in [2.24, 2.45) is 0 Å². The summed E-state index contributed by atoms with van der Waals surface area (Å²) in [6.07, 6.45) is 1.56. The average molecular weight is 240 g/mol. The fraction of sp³-hybridized carbons (Fsp3) is 0. The van der Waals surface area contributed by atoms with E-state index in [0.717, 1.165) is 0 Å². The number of benzene rings is 1. The zero-order valence-electron chi connectivity index (χ0n) is 6.55. The summed E-state index contributed by atoms with van der Waals surface area (Å²) in [6.45, 7) is 0. The standard InChI is InChI=1S/C8H6BrN3O/c9-8-5-10-11-12(8)6-3-1-2-4-7(6)13/h1-5,13H. The number of aromatic hydroxyl groups is 1. The Balaban J connectivity index is 2.59. The molecule has 2 rings (SSSR count). The lowest BCUT2D eigenvalue weighted by atomic mass is 10.3. The predicted molar refractivity (Wildman–Crippen MR) is 50.7 cm³/mol. The molecule has 13 heavy (non-hydrogen) atoms. The molecule has 0 bridgehead atoms. The molecular formula is C8H6BrN3O. The summed E-state index contributed by atoms with van der Waals surface area (Å²) in [5.41, 5.74) is 0.604. The van der Waals surface area contributed by atoms with Gasteiger partial charge in [0, 0.05) is 0 Å². The molecule has 1 aromatic carbocycles. The maximum Gasteiger partial charge on any atom is 0.141 e. The normalized spacial score (nSPS) is 10.2. The molecule has 4 nitrogen and oxygen atoms in total. The third-order valence-electron chi connectivity index (χ3n) is 1.62. The van der Waals surface area contributed by atoms with E-state index in [9.17, 15) is 5.11 Å². The topological polar surface area (TPSA) is 50.9 Å². The quantitative estimate of drug-likeness (QED) is 0.825. The van der Waals surface area contributed by atoms with Crippen LogP contribution >= 0.6 is 15.9 Å². The molecule has 0 saturated carbocycles. The fourth-order valence-electron chi connectivity index (χ4n) is 1.03. The second kappa shape index (κ2) is 3.18. The van der Waals surface area contributed by atoms with E-state index >= 15 is 0 Å². The highest BCUT2D eigenvalue weighted by molar-refractivity contribution is 9.10. The van der Waals surface area contributed by atoms with Gasteiger partial charge in [0.1, 0.15) is 16.0 Å². The molecule has 66 valence electrons. The van der Waals surface area contributed by atoms with Gasteiger partial charge in [0.2, 0.25) is 0 Å². The maximum absolute atomic E-state index is 9.50. The van der Waals surface area contributed by atoms with Crippen LogP contribution in [-0.4, -0.2) is 20.1 Å². The molecule has 0 saturated heterocycles. The van der Waals surface area contributed by atoms with Crippen LogP contribution in [0.2, 0.25) is 0 Å². The first-order chi connectivity index (χ1) is 6.29. The van der Waals surface area contributed by atoms with Gasteiger partial charge < -0.3 is 5.11 Å². The van der Waals surface area contributed by atoms with E-state index in [-0.39, 0.29) is 5.75 Å². The van der Waals surface area contributed by atoms with E-state index in [2.05, 4.69) is 26.2 Å². The molecule has 0 aliphatic carbocycles. The first-order valence-corrected chi connectivity index (χ1v) is 4.43. The third kappa shape index (κ3) is 1.42. The minimum absolute atomic E-state index is 0.175. The number of aromatic nitrogens is 3. The van der Waals surface area contributed by atoms with Crippen molar-refractivity contribution in [1.82, 2.24) is 15.0 Å². The molecule has 0 amide bonds.